The maximum absolute atomic E-state index is 12.9. The van der Waals surface area contributed by atoms with Gasteiger partial charge in [0, 0.05) is 6.04 Å². The van der Waals surface area contributed by atoms with Crippen molar-refractivity contribution in [1.82, 2.24) is 10.2 Å². The van der Waals surface area contributed by atoms with Crippen molar-refractivity contribution in [3.05, 3.63) is 0 Å². The molecule has 0 bridgehead atoms. The minimum Gasteiger partial charge on any atom is -0.342 e. The summed E-state index contributed by atoms with van der Waals surface area (Å²) >= 11 is 0. The standard InChI is InChI=1S/C17H28N2O2/c1-3-7-13-10-14(13)19-11(2)16(20)18-15(17(19)21)12-8-5-4-6-9-12/h11-15H,3-10H2,1-2H3,(H,18,20). The average Bonchev–Trinajstić information content (AvgIpc) is 3.23. The maximum Gasteiger partial charge on any atom is 0.246 e. The molecule has 1 N–H and O–H groups in total. The van der Waals surface area contributed by atoms with E-state index in [2.05, 4.69) is 12.2 Å². The molecule has 0 aromatic rings. The molecule has 0 spiro atoms. The van der Waals surface area contributed by atoms with E-state index in [-0.39, 0.29) is 23.9 Å². The van der Waals surface area contributed by atoms with Crippen LogP contribution in [0.3, 0.4) is 0 Å². The molecule has 2 aliphatic carbocycles. The van der Waals surface area contributed by atoms with Gasteiger partial charge in [-0.2, -0.15) is 0 Å². The third-order valence-corrected chi connectivity index (χ3v) is 5.64. The van der Waals surface area contributed by atoms with Gasteiger partial charge in [-0.15, -0.1) is 0 Å². The van der Waals surface area contributed by atoms with Crippen molar-refractivity contribution in [2.45, 2.75) is 83.3 Å². The largest absolute Gasteiger partial charge is 0.342 e. The normalized spacial score (nSPS) is 37.5. The molecule has 4 atom stereocenters. The molecule has 2 amide bonds. The zero-order valence-electron chi connectivity index (χ0n) is 13.3. The van der Waals surface area contributed by atoms with Crippen molar-refractivity contribution in [3.63, 3.8) is 0 Å². The lowest BCUT2D eigenvalue weighted by Crippen LogP contribution is -2.65. The van der Waals surface area contributed by atoms with Gasteiger partial charge < -0.3 is 10.2 Å². The second kappa shape index (κ2) is 5.98. The summed E-state index contributed by atoms with van der Waals surface area (Å²) in [4.78, 5) is 27.1. The van der Waals surface area contributed by atoms with Crippen LogP contribution >= 0.6 is 0 Å². The predicted octanol–water partition coefficient (Wildman–Crippen LogP) is 2.47. The van der Waals surface area contributed by atoms with Crippen LogP contribution in [0.1, 0.15) is 65.2 Å². The smallest absolute Gasteiger partial charge is 0.246 e. The highest BCUT2D eigenvalue weighted by atomic mass is 16.2. The molecule has 3 aliphatic rings. The first kappa shape index (κ1) is 14.9. The molecular formula is C17H28N2O2. The molecule has 4 nitrogen and oxygen atoms in total. The van der Waals surface area contributed by atoms with Crippen LogP contribution in [-0.4, -0.2) is 34.8 Å². The summed E-state index contributed by atoms with van der Waals surface area (Å²) in [5.41, 5.74) is 0. The molecule has 0 radical (unpaired) electrons. The highest BCUT2D eigenvalue weighted by molar-refractivity contribution is 5.97. The summed E-state index contributed by atoms with van der Waals surface area (Å²) in [5, 5.41) is 3.01. The van der Waals surface area contributed by atoms with Gasteiger partial charge in [0.15, 0.2) is 0 Å². The van der Waals surface area contributed by atoms with E-state index in [0.717, 1.165) is 25.7 Å². The molecule has 4 heteroatoms. The second-order valence-electron chi connectivity index (χ2n) is 7.16. The van der Waals surface area contributed by atoms with E-state index in [0.29, 0.717) is 17.9 Å². The molecule has 118 valence electrons. The van der Waals surface area contributed by atoms with Gasteiger partial charge in [-0.1, -0.05) is 32.6 Å². The Balaban J connectivity index is 1.72. The van der Waals surface area contributed by atoms with Gasteiger partial charge in [-0.25, -0.2) is 0 Å². The van der Waals surface area contributed by atoms with Crippen molar-refractivity contribution in [2.75, 3.05) is 0 Å². The van der Waals surface area contributed by atoms with E-state index < -0.39 is 0 Å². The van der Waals surface area contributed by atoms with Gasteiger partial charge in [0.1, 0.15) is 12.1 Å². The number of amides is 2. The summed E-state index contributed by atoms with van der Waals surface area (Å²) in [7, 11) is 0. The summed E-state index contributed by atoms with van der Waals surface area (Å²) in [6.45, 7) is 4.07. The number of carbonyl (C=O) groups is 2. The average molecular weight is 292 g/mol. The lowest BCUT2D eigenvalue weighted by molar-refractivity contribution is -0.151. The zero-order valence-corrected chi connectivity index (χ0v) is 13.3. The summed E-state index contributed by atoms with van der Waals surface area (Å²) in [6, 6.07) is -0.217. The van der Waals surface area contributed by atoms with Crippen molar-refractivity contribution in [2.24, 2.45) is 11.8 Å². The van der Waals surface area contributed by atoms with Gasteiger partial charge in [-0.3, -0.25) is 9.59 Å². The fourth-order valence-electron chi connectivity index (χ4n) is 4.30. The number of piperazine rings is 1. The summed E-state index contributed by atoms with van der Waals surface area (Å²) < 4.78 is 0. The van der Waals surface area contributed by atoms with Crippen molar-refractivity contribution < 1.29 is 9.59 Å². The van der Waals surface area contributed by atoms with Crippen LogP contribution in [0, 0.1) is 11.8 Å². The Morgan fingerprint density at radius 2 is 1.90 bits per heavy atom. The van der Waals surface area contributed by atoms with Crippen LogP contribution < -0.4 is 5.32 Å². The van der Waals surface area contributed by atoms with E-state index in [1.807, 2.05) is 11.8 Å². The van der Waals surface area contributed by atoms with Crippen molar-refractivity contribution in [3.8, 4) is 0 Å². The van der Waals surface area contributed by atoms with Crippen molar-refractivity contribution in [1.29, 1.82) is 0 Å². The Bertz CT molecular complexity index is 417. The molecule has 1 saturated heterocycles. The quantitative estimate of drug-likeness (QED) is 0.865. The lowest BCUT2D eigenvalue weighted by atomic mass is 9.82. The molecule has 3 fully saturated rings. The van der Waals surface area contributed by atoms with Gasteiger partial charge in [0.25, 0.3) is 0 Å². The number of rotatable bonds is 4. The fourth-order valence-corrected chi connectivity index (χ4v) is 4.30. The minimum atomic E-state index is -0.288. The SMILES string of the molecule is CCCC1CC1N1C(=O)C(C2CCCCC2)NC(=O)C1C. The number of hydrogen-bond acceptors (Lipinski definition) is 2. The summed E-state index contributed by atoms with van der Waals surface area (Å²) in [5.74, 6) is 1.22. The van der Waals surface area contributed by atoms with E-state index in [4.69, 9.17) is 0 Å². The van der Waals surface area contributed by atoms with Gasteiger partial charge in [0.2, 0.25) is 11.8 Å². The van der Waals surface area contributed by atoms with E-state index >= 15 is 0 Å². The zero-order chi connectivity index (χ0) is 15.0. The number of hydrogen-bond donors (Lipinski definition) is 1. The first-order valence-electron chi connectivity index (χ1n) is 8.76. The monoisotopic (exact) mass is 292 g/mol. The number of nitrogens with one attached hydrogen (secondary N) is 1. The lowest BCUT2D eigenvalue weighted by Gasteiger charge is -2.41. The minimum absolute atomic E-state index is 0.0484. The first-order chi connectivity index (χ1) is 10.1. The third kappa shape index (κ3) is 2.82. The van der Waals surface area contributed by atoms with Crippen LogP contribution in [-0.2, 0) is 9.59 Å². The second-order valence-corrected chi connectivity index (χ2v) is 7.16. The van der Waals surface area contributed by atoms with Gasteiger partial charge in [0.05, 0.1) is 0 Å². The molecule has 1 aliphatic heterocycles. The topological polar surface area (TPSA) is 49.4 Å². The Morgan fingerprint density at radius 3 is 2.57 bits per heavy atom. The Morgan fingerprint density at radius 1 is 1.19 bits per heavy atom. The van der Waals surface area contributed by atoms with Crippen LogP contribution in [0.15, 0.2) is 0 Å². The fraction of sp³-hybridized carbons (Fsp3) is 0.882. The Kier molecular flexibility index (Phi) is 4.23. The van der Waals surface area contributed by atoms with Crippen LogP contribution in [0.5, 0.6) is 0 Å². The van der Waals surface area contributed by atoms with Crippen LogP contribution in [0.2, 0.25) is 0 Å². The van der Waals surface area contributed by atoms with E-state index in [1.165, 1.54) is 25.7 Å². The summed E-state index contributed by atoms with van der Waals surface area (Å²) in [6.07, 6.45) is 9.27. The Labute approximate surface area is 127 Å². The third-order valence-electron chi connectivity index (χ3n) is 5.64. The highest BCUT2D eigenvalue weighted by Gasteiger charge is 2.51. The number of nitrogens with zero attached hydrogens (tertiary/aromatic N) is 1. The van der Waals surface area contributed by atoms with Crippen molar-refractivity contribution >= 4 is 11.8 Å². The first-order valence-corrected chi connectivity index (χ1v) is 8.76. The van der Waals surface area contributed by atoms with E-state index in [9.17, 15) is 9.59 Å². The molecule has 4 unspecified atom stereocenters. The molecule has 21 heavy (non-hydrogen) atoms. The maximum atomic E-state index is 12.9. The van der Waals surface area contributed by atoms with Gasteiger partial charge >= 0.3 is 0 Å². The van der Waals surface area contributed by atoms with Crippen LogP contribution in [0.4, 0.5) is 0 Å². The Hall–Kier alpha value is -1.06. The highest BCUT2D eigenvalue weighted by Crippen LogP contribution is 2.42. The molecular weight excluding hydrogens is 264 g/mol. The van der Waals surface area contributed by atoms with E-state index in [1.54, 1.807) is 0 Å². The number of carbonyl (C=O) groups excluding carboxylic acids is 2. The molecule has 2 saturated carbocycles. The molecule has 3 rings (SSSR count). The van der Waals surface area contributed by atoms with Crippen LogP contribution in [0.25, 0.3) is 0 Å². The van der Waals surface area contributed by atoms with Gasteiger partial charge in [-0.05, 0) is 44.4 Å². The molecule has 1 heterocycles. The molecule has 0 aromatic heterocycles. The predicted molar refractivity (Wildman–Crippen MR) is 81.6 cm³/mol. The molecule has 0 aromatic carbocycles.